The number of hydrogen-bond donors (Lipinski definition) is 2. The molecule has 1 unspecified atom stereocenters. The third kappa shape index (κ3) is 5.25. The molecule has 0 bridgehead atoms. The number of amides is 1. The first-order valence-electron chi connectivity index (χ1n) is 12.0. The Balaban J connectivity index is 1.05. The molecule has 4 heterocycles. The van der Waals surface area contributed by atoms with E-state index in [0.29, 0.717) is 17.8 Å². The van der Waals surface area contributed by atoms with E-state index in [1.165, 1.54) is 5.56 Å². The first kappa shape index (κ1) is 22.5. The maximum absolute atomic E-state index is 12.8. The standard InChI is InChI=1S/C25H32N6O3/c1-33-22-4-2-20(3-5-22)23-28-25(34-29-23)31-12-8-21(9-13-31)24(32)27-15-19-7-11-30(17-19)16-18-6-10-26-14-18/h2-6,10,14,19,21,26H,7-9,11-13,15-17H2,1H3,(H,27,32). The fraction of sp³-hybridized carbons (Fsp3) is 0.480. The molecule has 0 aliphatic carbocycles. The minimum atomic E-state index is 0.0394. The lowest BCUT2D eigenvalue weighted by molar-refractivity contribution is -0.125. The molecule has 2 aliphatic rings. The molecule has 0 spiro atoms. The summed E-state index contributed by atoms with van der Waals surface area (Å²) in [6.07, 6.45) is 6.73. The monoisotopic (exact) mass is 464 g/mol. The van der Waals surface area contributed by atoms with Gasteiger partial charge in [0.15, 0.2) is 0 Å². The Kier molecular flexibility index (Phi) is 6.80. The summed E-state index contributed by atoms with van der Waals surface area (Å²) in [4.78, 5) is 25.0. The zero-order valence-electron chi connectivity index (χ0n) is 19.6. The van der Waals surface area contributed by atoms with Gasteiger partial charge in [-0.3, -0.25) is 9.69 Å². The molecule has 1 atom stereocenters. The summed E-state index contributed by atoms with van der Waals surface area (Å²) in [6, 6.07) is 10.2. The number of aromatic nitrogens is 3. The van der Waals surface area contributed by atoms with Gasteiger partial charge >= 0.3 is 6.01 Å². The molecule has 2 fully saturated rings. The number of nitrogens with zero attached hydrogens (tertiary/aromatic N) is 4. The van der Waals surface area contributed by atoms with Crippen LogP contribution in [0, 0.1) is 11.8 Å². The highest BCUT2D eigenvalue weighted by Gasteiger charge is 2.29. The van der Waals surface area contributed by atoms with Crippen LogP contribution in [0.4, 0.5) is 6.01 Å². The number of methoxy groups -OCH3 is 1. The van der Waals surface area contributed by atoms with Gasteiger partial charge in [0, 0.05) is 56.6 Å². The van der Waals surface area contributed by atoms with Crippen molar-refractivity contribution >= 4 is 11.9 Å². The second-order valence-corrected chi connectivity index (χ2v) is 9.24. The summed E-state index contributed by atoms with van der Waals surface area (Å²) in [6.45, 7) is 5.33. The Bertz CT molecular complexity index is 1060. The van der Waals surface area contributed by atoms with Gasteiger partial charge in [0.25, 0.3) is 0 Å². The molecule has 2 N–H and O–H groups in total. The molecule has 2 saturated heterocycles. The lowest BCUT2D eigenvalue weighted by atomic mass is 9.96. The van der Waals surface area contributed by atoms with Crippen molar-refractivity contribution in [2.24, 2.45) is 11.8 Å². The third-order valence-corrected chi connectivity index (χ3v) is 6.90. The van der Waals surface area contributed by atoms with Gasteiger partial charge in [-0.2, -0.15) is 4.98 Å². The Morgan fingerprint density at radius 2 is 2.00 bits per heavy atom. The molecule has 1 aromatic carbocycles. The van der Waals surface area contributed by atoms with Crippen LogP contribution < -0.4 is 15.0 Å². The number of anilines is 1. The fourth-order valence-electron chi connectivity index (χ4n) is 4.86. The van der Waals surface area contributed by atoms with E-state index in [-0.39, 0.29) is 11.8 Å². The number of aromatic amines is 1. The van der Waals surface area contributed by atoms with Crippen LogP contribution in [0.1, 0.15) is 24.8 Å². The van der Waals surface area contributed by atoms with Crippen molar-refractivity contribution in [1.82, 2.24) is 25.3 Å². The minimum Gasteiger partial charge on any atom is -0.497 e. The van der Waals surface area contributed by atoms with Gasteiger partial charge in [0.1, 0.15) is 5.75 Å². The Hall–Kier alpha value is -3.33. The number of ether oxygens (including phenoxy) is 1. The van der Waals surface area contributed by atoms with Crippen molar-refractivity contribution in [2.45, 2.75) is 25.8 Å². The highest BCUT2D eigenvalue weighted by Crippen LogP contribution is 2.26. The number of hydrogen-bond acceptors (Lipinski definition) is 7. The van der Waals surface area contributed by atoms with Crippen LogP contribution in [0.15, 0.2) is 47.2 Å². The summed E-state index contributed by atoms with van der Waals surface area (Å²) in [5, 5.41) is 7.33. The molecule has 9 nitrogen and oxygen atoms in total. The zero-order valence-corrected chi connectivity index (χ0v) is 19.6. The van der Waals surface area contributed by atoms with Crippen LogP contribution in [0.3, 0.4) is 0 Å². The average Bonchev–Trinajstić information content (AvgIpc) is 3.66. The summed E-state index contributed by atoms with van der Waals surface area (Å²) in [7, 11) is 1.64. The molecule has 5 rings (SSSR count). The number of likely N-dealkylation sites (tertiary alicyclic amines) is 1. The van der Waals surface area contributed by atoms with Crippen LogP contribution in [0.2, 0.25) is 0 Å². The largest absolute Gasteiger partial charge is 0.497 e. The van der Waals surface area contributed by atoms with Crippen LogP contribution in [-0.4, -0.2) is 65.8 Å². The van der Waals surface area contributed by atoms with Crippen LogP contribution in [-0.2, 0) is 11.3 Å². The Morgan fingerprint density at radius 1 is 1.18 bits per heavy atom. The van der Waals surface area contributed by atoms with E-state index in [4.69, 9.17) is 9.26 Å². The molecular weight excluding hydrogens is 432 g/mol. The lowest BCUT2D eigenvalue weighted by Crippen LogP contribution is -2.42. The number of piperidine rings is 1. The SMILES string of the molecule is COc1ccc(-c2noc(N3CCC(C(=O)NCC4CCN(Cc5cc[nH]c5)C4)CC3)n2)cc1. The van der Waals surface area contributed by atoms with E-state index >= 15 is 0 Å². The van der Waals surface area contributed by atoms with Crippen molar-refractivity contribution in [3.05, 3.63) is 48.3 Å². The summed E-state index contributed by atoms with van der Waals surface area (Å²) in [5.74, 6) is 2.08. The van der Waals surface area contributed by atoms with Gasteiger partial charge in [-0.1, -0.05) is 5.16 Å². The Morgan fingerprint density at radius 3 is 2.74 bits per heavy atom. The first-order chi connectivity index (χ1) is 16.7. The molecule has 34 heavy (non-hydrogen) atoms. The quantitative estimate of drug-likeness (QED) is 0.529. The predicted molar refractivity (Wildman–Crippen MR) is 128 cm³/mol. The topological polar surface area (TPSA) is 99.5 Å². The number of benzene rings is 1. The van der Waals surface area contributed by atoms with Crippen molar-refractivity contribution in [3.8, 4) is 17.1 Å². The van der Waals surface area contributed by atoms with Crippen molar-refractivity contribution < 1.29 is 14.1 Å². The molecule has 1 amide bonds. The number of rotatable bonds is 8. The third-order valence-electron chi connectivity index (χ3n) is 6.90. The molecule has 0 saturated carbocycles. The van der Waals surface area contributed by atoms with Gasteiger partial charge in [-0.25, -0.2) is 0 Å². The van der Waals surface area contributed by atoms with Crippen LogP contribution in [0.5, 0.6) is 5.75 Å². The minimum absolute atomic E-state index is 0.0394. The maximum Gasteiger partial charge on any atom is 0.324 e. The smallest absolute Gasteiger partial charge is 0.324 e. The molecule has 2 aromatic heterocycles. The Labute approximate surface area is 199 Å². The van der Waals surface area contributed by atoms with E-state index < -0.39 is 0 Å². The van der Waals surface area contributed by atoms with Crippen molar-refractivity contribution in [2.75, 3.05) is 44.7 Å². The van der Waals surface area contributed by atoms with Crippen LogP contribution in [0.25, 0.3) is 11.4 Å². The first-order valence-corrected chi connectivity index (χ1v) is 12.0. The van der Waals surface area contributed by atoms with E-state index in [1.807, 2.05) is 30.5 Å². The number of nitrogens with one attached hydrogen (secondary N) is 2. The van der Waals surface area contributed by atoms with Crippen LogP contribution >= 0.6 is 0 Å². The maximum atomic E-state index is 12.8. The summed E-state index contributed by atoms with van der Waals surface area (Å²) >= 11 is 0. The number of carbonyl (C=O) groups excluding carboxylic acids is 1. The van der Waals surface area contributed by atoms with Gasteiger partial charge < -0.3 is 24.5 Å². The number of carbonyl (C=O) groups is 1. The van der Waals surface area contributed by atoms with Crippen molar-refractivity contribution in [3.63, 3.8) is 0 Å². The second kappa shape index (κ2) is 10.3. The average molecular weight is 465 g/mol. The van der Waals surface area contributed by atoms with E-state index in [9.17, 15) is 4.79 Å². The highest BCUT2D eigenvalue weighted by atomic mass is 16.5. The summed E-state index contributed by atoms with van der Waals surface area (Å²) < 4.78 is 10.7. The molecule has 2 aliphatic heterocycles. The molecular formula is C25H32N6O3. The predicted octanol–water partition coefficient (Wildman–Crippen LogP) is 2.93. The van der Waals surface area contributed by atoms with Gasteiger partial charge in [0.05, 0.1) is 7.11 Å². The van der Waals surface area contributed by atoms with Gasteiger partial charge in [-0.15, -0.1) is 0 Å². The van der Waals surface area contributed by atoms with E-state index in [2.05, 4.69) is 42.5 Å². The van der Waals surface area contributed by atoms with Gasteiger partial charge in [0.2, 0.25) is 11.7 Å². The summed E-state index contributed by atoms with van der Waals surface area (Å²) in [5.41, 5.74) is 2.19. The lowest BCUT2D eigenvalue weighted by Gasteiger charge is -2.30. The normalized spacial score (nSPS) is 19.4. The van der Waals surface area contributed by atoms with E-state index in [1.54, 1.807) is 7.11 Å². The second-order valence-electron chi connectivity index (χ2n) is 9.24. The highest BCUT2D eigenvalue weighted by molar-refractivity contribution is 5.79. The van der Waals surface area contributed by atoms with Gasteiger partial charge in [-0.05, 0) is 67.6 Å². The van der Waals surface area contributed by atoms with E-state index in [0.717, 1.165) is 69.8 Å². The van der Waals surface area contributed by atoms with Crippen molar-refractivity contribution in [1.29, 1.82) is 0 Å². The molecule has 180 valence electrons. The molecule has 9 heteroatoms. The molecule has 0 radical (unpaired) electrons. The number of H-pyrrole nitrogens is 1. The fourth-order valence-corrected chi connectivity index (χ4v) is 4.86. The molecule has 3 aromatic rings. The zero-order chi connectivity index (χ0) is 23.3.